The first-order valence-electron chi connectivity index (χ1n) is 7.76. The third-order valence-corrected chi connectivity index (χ3v) is 5.39. The minimum absolute atomic E-state index is 0.135. The first-order valence-corrected chi connectivity index (χ1v) is 9.24. The molecule has 1 aliphatic carbocycles. The van der Waals surface area contributed by atoms with E-state index in [9.17, 15) is 8.42 Å². The number of benzene rings is 1. The van der Waals surface area contributed by atoms with Gasteiger partial charge in [-0.2, -0.15) is 0 Å². The summed E-state index contributed by atoms with van der Waals surface area (Å²) >= 11 is 0. The van der Waals surface area contributed by atoms with Gasteiger partial charge < -0.3 is 10.1 Å². The second-order valence-electron chi connectivity index (χ2n) is 5.88. The molecule has 1 atom stereocenters. The Morgan fingerprint density at radius 2 is 1.91 bits per heavy atom. The second kappa shape index (κ2) is 6.81. The van der Waals surface area contributed by atoms with E-state index >= 15 is 0 Å². The van der Waals surface area contributed by atoms with Crippen LogP contribution in [0.3, 0.4) is 0 Å². The van der Waals surface area contributed by atoms with E-state index in [-0.39, 0.29) is 12.1 Å². The van der Waals surface area contributed by atoms with Gasteiger partial charge >= 0.3 is 0 Å². The normalized spacial score (nSPS) is 21.5. The first-order chi connectivity index (χ1) is 10.6. The van der Waals surface area contributed by atoms with Gasteiger partial charge in [-0.1, -0.05) is 12.1 Å². The summed E-state index contributed by atoms with van der Waals surface area (Å²) in [7, 11) is -3.35. The summed E-state index contributed by atoms with van der Waals surface area (Å²) in [6.45, 7) is 1.51. The average molecular weight is 322 g/mol. The Bertz CT molecular complexity index is 621. The topological polar surface area (TPSA) is 67.4 Å². The maximum Gasteiger partial charge on any atom is 0.240 e. The third-order valence-electron chi connectivity index (χ3n) is 3.86. The van der Waals surface area contributed by atoms with E-state index in [0.29, 0.717) is 11.4 Å². The van der Waals surface area contributed by atoms with E-state index < -0.39 is 10.0 Å². The van der Waals surface area contributed by atoms with Gasteiger partial charge in [0.15, 0.2) is 0 Å². The van der Waals surface area contributed by atoms with Crippen molar-refractivity contribution in [3.05, 3.63) is 42.2 Å². The maximum absolute atomic E-state index is 12.1. The molecule has 2 aliphatic rings. The molecule has 1 fully saturated rings. The summed E-state index contributed by atoms with van der Waals surface area (Å²) in [5.74, 6) is 0. The molecular weight excluding hydrogens is 300 g/mol. The standard InChI is InChI=1S/C16H22N2O3S/c19-22(20,18-14-6-7-14)16-8-4-13(5-9-16)11-17-12-15-3-1-2-10-21-15/h2,4-5,8-10,14-15,17-18H,1,3,6-7,11-12H2/t15-/m1/s1. The van der Waals surface area contributed by atoms with Gasteiger partial charge in [0.2, 0.25) is 10.0 Å². The highest BCUT2D eigenvalue weighted by atomic mass is 32.2. The average Bonchev–Trinajstić information content (AvgIpc) is 3.32. The fourth-order valence-electron chi connectivity index (χ4n) is 2.39. The minimum atomic E-state index is -3.35. The molecule has 0 aromatic heterocycles. The summed E-state index contributed by atoms with van der Waals surface area (Å²) < 4.78 is 32.3. The molecule has 3 rings (SSSR count). The minimum Gasteiger partial charge on any atom is -0.497 e. The number of hydrogen-bond donors (Lipinski definition) is 2. The zero-order valence-corrected chi connectivity index (χ0v) is 13.3. The van der Waals surface area contributed by atoms with Gasteiger partial charge in [0.05, 0.1) is 11.2 Å². The highest BCUT2D eigenvalue weighted by Crippen LogP contribution is 2.22. The number of nitrogens with one attached hydrogen (secondary N) is 2. The van der Waals surface area contributed by atoms with Crippen molar-refractivity contribution in [2.24, 2.45) is 0 Å². The van der Waals surface area contributed by atoms with E-state index in [0.717, 1.165) is 37.8 Å². The van der Waals surface area contributed by atoms with Crippen molar-refractivity contribution in [3.8, 4) is 0 Å². The van der Waals surface area contributed by atoms with Crippen LogP contribution in [-0.2, 0) is 21.3 Å². The van der Waals surface area contributed by atoms with Crippen molar-refractivity contribution in [1.29, 1.82) is 0 Å². The van der Waals surface area contributed by atoms with Gasteiger partial charge in [0.25, 0.3) is 0 Å². The Kier molecular flexibility index (Phi) is 4.81. The van der Waals surface area contributed by atoms with E-state index in [1.54, 1.807) is 18.4 Å². The molecule has 120 valence electrons. The van der Waals surface area contributed by atoms with Crippen LogP contribution in [0.15, 0.2) is 41.5 Å². The Balaban J connectivity index is 1.49. The molecule has 2 N–H and O–H groups in total. The Morgan fingerprint density at radius 3 is 2.55 bits per heavy atom. The molecule has 22 heavy (non-hydrogen) atoms. The molecule has 0 saturated heterocycles. The van der Waals surface area contributed by atoms with E-state index in [1.807, 2.05) is 18.2 Å². The highest BCUT2D eigenvalue weighted by Gasteiger charge is 2.27. The van der Waals surface area contributed by atoms with Gasteiger partial charge in [-0.25, -0.2) is 13.1 Å². The quantitative estimate of drug-likeness (QED) is 0.805. The lowest BCUT2D eigenvalue weighted by Gasteiger charge is -2.19. The number of allylic oxidation sites excluding steroid dienone is 1. The van der Waals surface area contributed by atoms with E-state index in [2.05, 4.69) is 10.0 Å². The molecule has 1 aromatic rings. The van der Waals surface area contributed by atoms with Crippen LogP contribution in [0.1, 0.15) is 31.2 Å². The first kappa shape index (κ1) is 15.5. The van der Waals surface area contributed by atoms with Crippen molar-refractivity contribution in [2.75, 3.05) is 6.54 Å². The summed E-state index contributed by atoms with van der Waals surface area (Å²) in [4.78, 5) is 0.337. The monoisotopic (exact) mass is 322 g/mol. The van der Waals surface area contributed by atoms with Gasteiger partial charge in [-0.05, 0) is 49.5 Å². The van der Waals surface area contributed by atoms with Crippen LogP contribution in [0, 0.1) is 0 Å². The number of sulfonamides is 1. The maximum atomic E-state index is 12.1. The van der Waals surface area contributed by atoms with Crippen LogP contribution in [0.2, 0.25) is 0 Å². The van der Waals surface area contributed by atoms with Crippen molar-refractivity contribution in [2.45, 2.75) is 49.3 Å². The van der Waals surface area contributed by atoms with Gasteiger partial charge in [0.1, 0.15) is 6.10 Å². The molecule has 5 nitrogen and oxygen atoms in total. The summed E-state index contributed by atoms with van der Waals surface area (Å²) in [6, 6.07) is 7.19. The van der Waals surface area contributed by atoms with Crippen molar-refractivity contribution < 1.29 is 13.2 Å². The molecule has 1 heterocycles. The van der Waals surface area contributed by atoms with Crippen LogP contribution in [-0.4, -0.2) is 27.1 Å². The van der Waals surface area contributed by atoms with Crippen LogP contribution in [0.5, 0.6) is 0 Å². The van der Waals surface area contributed by atoms with Crippen LogP contribution < -0.4 is 10.0 Å². The molecule has 0 spiro atoms. The Hall–Kier alpha value is -1.37. The zero-order valence-electron chi connectivity index (χ0n) is 12.5. The van der Waals surface area contributed by atoms with Crippen LogP contribution in [0.4, 0.5) is 0 Å². The lowest BCUT2D eigenvalue weighted by Crippen LogP contribution is -2.28. The van der Waals surface area contributed by atoms with Gasteiger partial charge in [-0.15, -0.1) is 0 Å². The van der Waals surface area contributed by atoms with Crippen LogP contribution in [0.25, 0.3) is 0 Å². The molecule has 0 unspecified atom stereocenters. The van der Waals surface area contributed by atoms with Gasteiger partial charge in [0, 0.05) is 19.1 Å². The largest absolute Gasteiger partial charge is 0.497 e. The Labute approximate surface area is 131 Å². The smallest absolute Gasteiger partial charge is 0.240 e. The summed E-state index contributed by atoms with van der Waals surface area (Å²) in [5.41, 5.74) is 1.07. The molecule has 0 bridgehead atoms. The van der Waals surface area contributed by atoms with E-state index in [4.69, 9.17) is 4.74 Å². The fraction of sp³-hybridized carbons (Fsp3) is 0.500. The zero-order chi connectivity index (χ0) is 15.4. The van der Waals surface area contributed by atoms with Crippen molar-refractivity contribution >= 4 is 10.0 Å². The lowest BCUT2D eigenvalue weighted by atomic mass is 10.1. The molecule has 1 aromatic carbocycles. The fourth-order valence-corrected chi connectivity index (χ4v) is 3.69. The third kappa shape index (κ3) is 4.32. The van der Waals surface area contributed by atoms with Gasteiger partial charge in [-0.3, -0.25) is 0 Å². The molecule has 0 radical (unpaired) electrons. The predicted octanol–water partition coefficient (Wildman–Crippen LogP) is 1.91. The number of rotatable bonds is 7. The lowest BCUT2D eigenvalue weighted by molar-refractivity contribution is 0.122. The second-order valence-corrected chi connectivity index (χ2v) is 7.59. The highest BCUT2D eigenvalue weighted by molar-refractivity contribution is 7.89. The summed E-state index contributed by atoms with van der Waals surface area (Å²) in [5, 5.41) is 3.35. The molecule has 6 heteroatoms. The van der Waals surface area contributed by atoms with Crippen LogP contribution >= 0.6 is 0 Å². The number of hydrogen-bond acceptors (Lipinski definition) is 4. The molecule has 1 saturated carbocycles. The predicted molar refractivity (Wildman–Crippen MR) is 84.7 cm³/mol. The van der Waals surface area contributed by atoms with Crippen molar-refractivity contribution in [3.63, 3.8) is 0 Å². The van der Waals surface area contributed by atoms with E-state index in [1.165, 1.54) is 0 Å². The SMILES string of the molecule is O=S(=O)(NC1CC1)c1ccc(CNC[C@H]2CCC=CO2)cc1. The molecule has 0 amide bonds. The molecular formula is C16H22N2O3S. The molecule has 1 aliphatic heterocycles. The van der Waals surface area contributed by atoms with Crippen molar-refractivity contribution in [1.82, 2.24) is 10.0 Å². The number of ether oxygens (including phenoxy) is 1. The summed E-state index contributed by atoms with van der Waals surface area (Å²) in [6.07, 6.45) is 8.01. The Morgan fingerprint density at radius 1 is 1.14 bits per heavy atom.